The summed E-state index contributed by atoms with van der Waals surface area (Å²) in [4.78, 5) is 12.2. The molecule has 0 aliphatic heterocycles. The lowest BCUT2D eigenvalue weighted by atomic mass is 10.0. The second kappa shape index (κ2) is 5.38. The van der Waals surface area contributed by atoms with Crippen LogP contribution in [-0.2, 0) is 4.79 Å². The van der Waals surface area contributed by atoms with Crippen LogP contribution in [0.3, 0.4) is 0 Å². The zero-order valence-corrected chi connectivity index (χ0v) is 11.1. The molecule has 2 rings (SSSR count). The molecule has 0 heterocycles. The van der Waals surface area contributed by atoms with E-state index in [1.165, 1.54) is 25.7 Å². The lowest BCUT2D eigenvalue weighted by molar-refractivity contribution is -0.123. The molecule has 17 heavy (non-hydrogen) atoms. The maximum atomic E-state index is 12.2. The largest absolute Gasteiger partial charge is 0.352 e. The average Bonchev–Trinajstić information content (AvgIpc) is 3.01. The lowest BCUT2D eigenvalue weighted by Crippen LogP contribution is -2.42. The van der Waals surface area contributed by atoms with Crippen molar-refractivity contribution in [2.75, 3.05) is 6.54 Å². The summed E-state index contributed by atoms with van der Waals surface area (Å²) in [5.74, 6) is 2.57. The molecule has 2 fully saturated rings. The van der Waals surface area contributed by atoms with E-state index in [-0.39, 0.29) is 11.9 Å². The fraction of sp³-hybridized carbons (Fsp3) is 0.929. The summed E-state index contributed by atoms with van der Waals surface area (Å²) in [7, 11) is 0. The monoisotopic (exact) mass is 238 g/mol. The van der Waals surface area contributed by atoms with Gasteiger partial charge in [-0.3, -0.25) is 4.79 Å². The van der Waals surface area contributed by atoms with Gasteiger partial charge in [-0.2, -0.15) is 0 Å². The van der Waals surface area contributed by atoms with Crippen LogP contribution < -0.4 is 11.1 Å². The van der Waals surface area contributed by atoms with Crippen molar-refractivity contribution >= 4 is 5.91 Å². The van der Waals surface area contributed by atoms with Crippen LogP contribution in [-0.4, -0.2) is 18.5 Å². The Morgan fingerprint density at radius 3 is 2.35 bits per heavy atom. The van der Waals surface area contributed by atoms with Crippen LogP contribution >= 0.6 is 0 Å². The second-order valence-corrected chi connectivity index (χ2v) is 6.21. The summed E-state index contributed by atoms with van der Waals surface area (Å²) in [5.41, 5.74) is 5.72. The number of nitrogens with two attached hydrogens (primary N) is 1. The van der Waals surface area contributed by atoms with Gasteiger partial charge in [0, 0.05) is 18.5 Å². The fourth-order valence-electron chi connectivity index (χ4n) is 3.46. The number of hydrogen-bond acceptors (Lipinski definition) is 2. The highest BCUT2D eigenvalue weighted by Gasteiger charge is 2.54. The van der Waals surface area contributed by atoms with Crippen molar-refractivity contribution in [2.45, 2.75) is 52.0 Å². The summed E-state index contributed by atoms with van der Waals surface area (Å²) >= 11 is 0. The molecule has 0 spiro atoms. The molecule has 0 radical (unpaired) electrons. The molecular formula is C14H26N2O. The van der Waals surface area contributed by atoms with Gasteiger partial charge in [0.1, 0.15) is 0 Å². The number of carbonyl (C=O) groups excluding carboxylic acids is 1. The van der Waals surface area contributed by atoms with Crippen molar-refractivity contribution in [3.05, 3.63) is 0 Å². The van der Waals surface area contributed by atoms with Crippen molar-refractivity contribution in [3.8, 4) is 0 Å². The Morgan fingerprint density at radius 1 is 1.29 bits per heavy atom. The molecule has 1 amide bonds. The van der Waals surface area contributed by atoms with E-state index in [1.54, 1.807) is 0 Å². The Balaban J connectivity index is 1.80. The van der Waals surface area contributed by atoms with Gasteiger partial charge in [-0.05, 0) is 37.0 Å². The molecular weight excluding hydrogens is 212 g/mol. The summed E-state index contributed by atoms with van der Waals surface area (Å²) in [6.07, 6.45) is 6.15. The van der Waals surface area contributed by atoms with Crippen LogP contribution in [0.5, 0.6) is 0 Å². The highest BCUT2D eigenvalue weighted by molar-refractivity contribution is 5.82. The molecule has 98 valence electrons. The van der Waals surface area contributed by atoms with E-state index in [9.17, 15) is 4.79 Å². The van der Waals surface area contributed by atoms with Crippen LogP contribution in [0, 0.1) is 23.7 Å². The Kier molecular flexibility index (Phi) is 4.08. The highest BCUT2D eigenvalue weighted by atomic mass is 16.2. The number of carbonyl (C=O) groups is 1. The molecule has 3 nitrogen and oxygen atoms in total. The summed E-state index contributed by atoms with van der Waals surface area (Å²) in [5, 5.41) is 3.15. The van der Waals surface area contributed by atoms with Crippen molar-refractivity contribution in [1.29, 1.82) is 0 Å². The fourth-order valence-corrected chi connectivity index (χ4v) is 3.46. The van der Waals surface area contributed by atoms with Crippen molar-refractivity contribution in [2.24, 2.45) is 29.4 Å². The molecule has 0 bridgehead atoms. The number of nitrogens with one attached hydrogen (secondary N) is 1. The molecule has 0 saturated heterocycles. The minimum atomic E-state index is 0.171. The van der Waals surface area contributed by atoms with Gasteiger partial charge in [0.05, 0.1) is 0 Å². The highest BCUT2D eigenvalue weighted by Crippen LogP contribution is 2.55. The van der Waals surface area contributed by atoms with Crippen LogP contribution in [0.1, 0.15) is 46.0 Å². The molecule has 0 aromatic rings. The first-order valence-electron chi connectivity index (χ1n) is 7.14. The topological polar surface area (TPSA) is 55.1 Å². The number of fused-ring (bicyclic) bond motifs is 1. The third-order valence-electron chi connectivity index (χ3n) is 4.35. The van der Waals surface area contributed by atoms with E-state index in [2.05, 4.69) is 19.2 Å². The van der Waals surface area contributed by atoms with Gasteiger partial charge in [0.25, 0.3) is 0 Å². The van der Waals surface area contributed by atoms with E-state index < -0.39 is 0 Å². The Labute approximate surface area is 105 Å². The van der Waals surface area contributed by atoms with Crippen molar-refractivity contribution in [3.63, 3.8) is 0 Å². The maximum absolute atomic E-state index is 12.2. The molecule has 0 aromatic carbocycles. The smallest absolute Gasteiger partial charge is 0.223 e. The first-order valence-corrected chi connectivity index (χ1v) is 7.14. The molecule has 2 aliphatic carbocycles. The second-order valence-electron chi connectivity index (χ2n) is 6.21. The van der Waals surface area contributed by atoms with Crippen LogP contribution in [0.15, 0.2) is 0 Å². The molecule has 2 saturated carbocycles. The third kappa shape index (κ3) is 3.01. The molecule has 3 heteroatoms. The van der Waals surface area contributed by atoms with Gasteiger partial charge in [0.2, 0.25) is 5.91 Å². The first kappa shape index (κ1) is 12.9. The van der Waals surface area contributed by atoms with Gasteiger partial charge in [0.15, 0.2) is 0 Å². The SMILES string of the molecule is CC(C)CC(CN)NC(=O)C1C2CCCCC21. The minimum absolute atomic E-state index is 0.171. The maximum Gasteiger partial charge on any atom is 0.223 e. The average molecular weight is 238 g/mol. The predicted octanol–water partition coefficient (Wildman–Crippen LogP) is 1.91. The third-order valence-corrected chi connectivity index (χ3v) is 4.35. The Morgan fingerprint density at radius 2 is 1.88 bits per heavy atom. The van der Waals surface area contributed by atoms with Crippen LogP contribution in [0.25, 0.3) is 0 Å². The minimum Gasteiger partial charge on any atom is -0.352 e. The number of rotatable bonds is 5. The normalized spacial score (nSPS) is 33.1. The molecule has 2 aliphatic rings. The van der Waals surface area contributed by atoms with E-state index >= 15 is 0 Å². The van der Waals surface area contributed by atoms with Gasteiger partial charge in [-0.15, -0.1) is 0 Å². The van der Waals surface area contributed by atoms with E-state index in [4.69, 9.17) is 5.73 Å². The first-order chi connectivity index (χ1) is 8.13. The Bertz CT molecular complexity index is 265. The standard InChI is InChI=1S/C14H26N2O/c1-9(2)7-10(8-15)16-14(17)13-11-5-3-4-6-12(11)13/h9-13H,3-8,15H2,1-2H3,(H,16,17). The van der Waals surface area contributed by atoms with E-state index in [0.29, 0.717) is 30.2 Å². The van der Waals surface area contributed by atoms with Gasteiger partial charge < -0.3 is 11.1 Å². The number of hydrogen-bond donors (Lipinski definition) is 2. The van der Waals surface area contributed by atoms with Crippen molar-refractivity contribution < 1.29 is 4.79 Å². The van der Waals surface area contributed by atoms with Crippen molar-refractivity contribution in [1.82, 2.24) is 5.32 Å². The molecule has 3 N–H and O–H groups in total. The zero-order valence-electron chi connectivity index (χ0n) is 11.1. The number of amides is 1. The summed E-state index contributed by atoms with van der Waals surface area (Å²) in [6, 6.07) is 0.171. The van der Waals surface area contributed by atoms with Gasteiger partial charge in [-0.25, -0.2) is 0 Å². The van der Waals surface area contributed by atoms with Crippen LogP contribution in [0.4, 0.5) is 0 Å². The molecule has 3 atom stereocenters. The Hall–Kier alpha value is -0.570. The quantitative estimate of drug-likeness (QED) is 0.768. The molecule has 0 aromatic heterocycles. The van der Waals surface area contributed by atoms with E-state index in [0.717, 1.165) is 6.42 Å². The summed E-state index contributed by atoms with van der Waals surface area (Å²) in [6.45, 7) is 4.91. The predicted molar refractivity (Wildman–Crippen MR) is 69.4 cm³/mol. The van der Waals surface area contributed by atoms with Crippen LogP contribution in [0.2, 0.25) is 0 Å². The van der Waals surface area contributed by atoms with Gasteiger partial charge >= 0.3 is 0 Å². The summed E-state index contributed by atoms with van der Waals surface area (Å²) < 4.78 is 0. The zero-order chi connectivity index (χ0) is 12.4. The lowest BCUT2D eigenvalue weighted by Gasteiger charge is -2.18. The van der Waals surface area contributed by atoms with Gasteiger partial charge in [-0.1, -0.05) is 26.7 Å². The van der Waals surface area contributed by atoms with E-state index in [1.807, 2.05) is 0 Å². The molecule has 3 unspecified atom stereocenters.